The van der Waals surface area contributed by atoms with Crippen molar-refractivity contribution in [3.05, 3.63) is 94.0 Å². The van der Waals surface area contributed by atoms with E-state index in [2.05, 4.69) is 5.10 Å². The van der Waals surface area contributed by atoms with Crippen LogP contribution in [0.3, 0.4) is 0 Å². The lowest BCUT2D eigenvalue weighted by Crippen LogP contribution is -2.21. The average molecular weight is 477 g/mol. The number of anilines is 1. The first-order chi connectivity index (χ1) is 16.4. The van der Waals surface area contributed by atoms with Gasteiger partial charge in [0.15, 0.2) is 11.5 Å². The maximum atomic E-state index is 13.2. The van der Waals surface area contributed by atoms with Crippen LogP contribution in [0, 0.1) is 0 Å². The summed E-state index contributed by atoms with van der Waals surface area (Å²) in [5, 5.41) is 14.9. The highest BCUT2D eigenvalue weighted by molar-refractivity contribution is 6.34. The van der Waals surface area contributed by atoms with Crippen LogP contribution in [0.25, 0.3) is 6.08 Å². The molecule has 3 aromatic carbocycles. The first-order valence-corrected chi connectivity index (χ1v) is 10.7. The molecular formula is C26H21ClN2O5. The molecule has 34 heavy (non-hydrogen) atoms. The number of halogens is 1. The number of carboxylic acid groups (broad SMARTS) is 1. The lowest BCUT2D eigenvalue weighted by molar-refractivity contribution is -0.114. The van der Waals surface area contributed by atoms with Crippen LogP contribution in [0.15, 0.2) is 77.4 Å². The monoisotopic (exact) mass is 476 g/mol. The summed E-state index contributed by atoms with van der Waals surface area (Å²) in [5.74, 6) is -0.550. The van der Waals surface area contributed by atoms with Crippen LogP contribution in [0.5, 0.6) is 11.5 Å². The van der Waals surface area contributed by atoms with Gasteiger partial charge in [0, 0.05) is 5.56 Å². The molecule has 0 bridgehead atoms. The van der Waals surface area contributed by atoms with Crippen LogP contribution < -0.4 is 14.5 Å². The second-order valence-electron chi connectivity index (χ2n) is 7.48. The zero-order chi connectivity index (χ0) is 24.2. The molecule has 0 saturated heterocycles. The van der Waals surface area contributed by atoms with Crippen molar-refractivity contribution >= 4 is 41.0 Å². The van der Waals surface area contributed by atoms with Gasteiger partial charge >= 0.3 is 5.97 Å². The second-order valence-corrected chi connectivity index (χ2v) is 7.89. The van der Waals surface area contributed by atoms with E-state index in [0.717, 1.165) is 10.6 Å². The Kier molecular flexibility index (Phi) is 6.65. The van der Waals surface area contributed by atoms with E-state index in [1.54, 1.807) is 32.2 Å². The molecule has 172 valence electrons. The molecule has 0 aliphatic carbocycles. The number of carbonyl (C=O) groups is 2. The third-order valence-corrected chi connectivity index (χ3v) is 5.57. The van der Waals surface area contributed by atoms with Gasteiger partial charge in [-0.15, -0.1) is 0 Å². The first-order valence-electron chi connectivity index (χ1n) is 10.4. The fourth-order valence-corrected chi connectivity index (χ4v) is 3.71. The van der Waals surface area contributed by atoms with Gasteiger partial charge in [-0.05, 0) is 42.8 Å². The molecule has 7 nitrogen and oxygen atoms in total. The number of methoxy groups -OCH3 is 1. The summed E-state index contributed by atoms with van der Waals surface area (Å²) >= 11 is 5.96. The van der Waals surface area contributed by atoms with Crippen molar-refractivity contribution < 1.29 is 24.2 Å². The average Bonchev–Trinajstić information content (AvgIpc) is 3.12. The summed E-state index contributed by atoms with van der Waals surface area (Å²) in [6.07, 6.45) is 1.69. The van der Waals surface area contributed by atoms with Crippen molar-refractivity contribution in [3.63, 3.8) is 0 Å². The van der Waals surface area contributed by atoms with E-state index in [-0.39, 0.29) is 10.6 Å². The van der Waals surface area contributed by atoms with Gasteiger partial charge in [0.2, 0.25) is 0 Å². The third kappa shape index (κ3) is 4.65. The van der Waals surface area contributed by atoms with Gasteiger partial charge in [0.1, 0.15) is 6.61 Å². The Bertz CT molecular complexity index is 1320. The summed E-state index contributed by atoms with van der Waals surface area (Å²) in [6, 6.07) is 19.4. The maximum absolute atomic E-state index is 13.2. The van der Waals surface area contributed by atoms with E-state index in [1.165, 1.54) is 12.1 Å². The van der Waals surface area contributed by atoms with Gasteiger partial charge in [-0.2, -0.15) is 10.1 Å². The zero-order valence-corrected chi connectivity index (χ0v) is 19.2. The normalized spacial score (nSPS) is 14.3. The molecule has 0 unspecified atom stereocenters. The van der Waals surface area contributed by atoms with Gasteiger partial charge in [0.05, 0.1) is 34.7 Å². The van der Waals surface area contributed by atoms with E-state index < -0.39 is 11.9 Å². The lowest BCUT2D eigenvalue weighted by Gasteiger charge is -2.15. The summed E-state index contributed by atoms with van der Waals surface area (Å²) in [5.41, 5.74) is 2.67. The molecule has 1 aliphatic rings. The largest absolute Gasteiger partial charge is 0.493 e. The number of hydrogen-bond donors (Lipinski definition) is 1. The fourth-order valence-electron chi connectivity index (χ4n) is 3.52. The van der Waals surface area contributed by atoms with Gasteiger partial charge < -0.3 is 14.6 Å². The molecule has 1 amide bonds. The highest BCUT2D eigenvalue weighted by atomic mass is 35.5. The molecule has 8 heteroatoms. The summed E-state index contributed by atoms with van der Waals surface area (Å²) in [6.45, 7) is 2.04. The summed E-state index contributed by atoms with van der Waals surface area (Å²) in [4.78, 5) is 24.7. The maximum Gasteiger partial charge on any atom is 0.337 e. The van der Waals surface area contributed by atoms with E-state index in [9.17, 15) is 14.7 Å². The minimum Gasteiger partial charge on any atom is -0.493 e. The van der Waals surface area contributed by atoms with Crippen LogP contribution >= 0.6 is 11.6 Å². The molecule has 0 spiro atoms. The number of aromatic carboxylic acids is 1. The molecule has 0 radical (unpaired) electrons. The molecule has 1 N–H and O–H groups in total. The molecule has 0 atom stereocenters. The molecule has 0 aromatic heterocycles. The van der Waals surface area contributed by atoms with Gasteiger partial charge in [-0.1, -0.05) is 54.1 Å². The SMILES string of the molecule is COc1cccc(/C=C2\C(=O)N(c3ccc(Cl)c(C(=O)O)c3)N=C2C)c1OCc1ccccc1. The Morgan fingerprint density at radius 2 is 1.88 bits per heavy atom. The molecular weight excluding hydrogens is 456 g/mol. The topological polar surface area (TPSA) is 88.4 Å². The van der Waals surface area contributed by atoms with Crippen molar-refractivity contribution in [2.45, 2.75) is 13.5 Å². The van der Waals surface area contributed by atoms with Crippen molar-refractivity contribution in [2.24, 2.45) is 5.10 Å². The highest BCUT2D eigenvalue weighted by Crippen LogP contribution is 2.35. The number of benzene rings is 3. The van der Waals surface area contributed by atoms with Crippen molar-refractivity contribution in [2.75, 3.05) is 12.1 Å². The predicted molar refractivity (Wildman–Crippen MR) is 131 cm³/mol. The molecule has 1 heterocycles. The molecule has 0 fully saturated rings. The standard InChI is InChI=1S/C26H21ClN2O5/c1-16-20(25(30)29(28-16)19-11-12-22(27)21(14-19)26(31)32)13-18-9-6-10-23(33-2)24(18)34-15-17-7-4-3-5-8-17/h3-14H,15H2,1-2H3,(H,31,32)/b20-13-. The number of para-hydroxylation sites is 1. The number of carbonyl (C=O) groups excluding carboxylic acids is 1. The highest BCUT2D eigenvalue weighted by Gasteiger charge is 2.30. The number of amides is 1. The van der Waals surface area contributed by atoms with E-state index in [4.69, 9.17) is 21.1 Å². The van der Waals surface area contributed by atoms with Gasteiger partial charge in [0.25, 0.3) is 5.91 Å². The number of nitrogens with zero attached hydrogens (tertiary/aromatic N) is 2. The number of hydrazone groups is 1. The zero-order valence-electron chi connectivity index (χ0n) is 18.5. The Labute approximate surface area is 201 Å². The minimum atomic E-state index is -1.19. The van der Waals surface area contributed by atoms with Crippen molar-refractivity contribution in [1.82, 2.24) is 0 Å². The number of ether oxygens (including phenoxy) is 2. The fraction of sp³-hybridized carbons (Fsp3) is 0.115. The van der Waals surface area contributed by atoms with Crippen LogP contribution in [-0.2, 0) is 11.4 Å². The van der Waals surface area contributed by atoms with E-state index in [0.29, 0.717) is 40.6 Å². The van der Waals surface area contributed by atoms with Crippen LogP contribution in [0.2, 0.25) is 5.02 Å². The predicted octanol–water partition coefficient (Wildman–Crippen LogP) is 5.43. The Morgan fingerprint density at radius 3 is 2.59 bits per heavy atom. The molecule has 0 saturated carbocycles. The molecule has 1 aliphatic heterocycles. The summed E-state index contributed by atoms with van der Waals surface area (Å²) < 4.78 is 11.6. The van der Waals surface area contributed by atoms with E-state index in [1.807, 2.05) is 42.5 Å². The van der Waals surface area contributed by atoms with Crippen molar-refractivity contribution in [3.8, 4) is 11.5 Å². The van der Waals surface area contributed by atoms with Crippen molar-refractivity contribution in [1.29, 1.82) is 0 Å². The van der Waals surface area contributed by atoms with E-state index >= 15 is 0 Å². The van der Waals surface area contributed by atoms with Gasteiger partial charge in [-0.25, -0.2) is 4.79 Å². The Balaban J connectivity index is 1.67. The Hall–Kier alpha value is -4.10. The van der Waals surface area contributed by atoms with Crippen LogP contribution in [0.4, 0.5) is 5.69 Å². The quantitative estimate of drug-likeness (QED) is 0.459. The van der Waals surface area contributed by atoms with Crippen LogP contribution in [-0.4, -0.2) is 29.8 Å². The molecule has 4 rings (SSSR count). The minimum absolute atomic E-state index is 0.0796. The Morgan fingerprint density at radius 1 is 1.12 bits per heavy atom. The number of hydrogen-bond acceptors (Lipinski definition) is 5. The molecule has 3 aromatic rings. The number of rotatable bonds is 7. The number of carboxylic acids is 1. The second kappa shape index (κ2) is 9.80. The first kappa shape index (κ1) is 23.1. The smallest absolute Gasteiger partial charge is 0.337 e. The third-order valence-electron chi connectivity index (χ3n) is 5.24. The van der Waals surface area contributed by atoms with Gasteiger partial charge in [-0.3, -0.25) is 4.79 Å². The lowest BCUT2D eigenvalue weighted by atomic mass is 10.1. The summed E-state index contributed by atoms with van der Waals surface area (Å²) in [7, 11) is 1.55. The van der Waals surface area contributed by atoms with Crippen LogP contribution in [0.1, 0.15) is 28.4 Å².